The second-order valence-corrected chi connectivity index (χ2v) is 16.8. The van der Waals surface area contributed by atoms with Crippen LogP contribution in [-0.4, -0.2) is 52.3 Å². The van der Waals surface area contributed by atoms with Crippen LogP contribution in [0.3, 0.4) is 0 Å². The van der Waals surface area contributed by atoms with Crippen molar-refractivity contribution in [2.45, 2.75) is 90.8 Å². The minimum atomic E-state index is -1.06. The highest BCUT2D eigenvalue weighted by Gasteiger charge is 2.60. The molecule has 8 nitrogen and oxygen atoms in total. The molecule has 2 atom stereocenters. The molecule has 1 aromatic heterocycles. The van der Waals surface area contributed by atoms with Gasteiger partial charge in [0.1, 0.15) is 28.5 Å². The van der Waals surface area contributed by atoms with Crippen molar-refractivity contribution in [3.63, 3.8) is 0 Å². The normalized spacial score (nSPS) is 20.4. The third-order valence-corrected chi connectivity index (χ3v) is 11.7. The molecule has 290 valence electrons. The number of likely N-dealkylation sites (tertiary alicyclic amines) is 1. The van der Waals surface area contributed by atoms with E-state index in [0.29, 0.717) is 71.7 Å². The van der Waals surface area contributed by atoms with Crippen LogP contribution in [0.5, 0.6) is 5.75 Å². The van der Waals surface area contributed by atoms with Gasteiger partial charge in [-0.05, 0) is 93.5 Å². The standard InChI is InChI=1S/C44H50Cl2FN5O3/c1-8-55-37-25-38(42(3,4)5)48-27-35(37)40-50-43(6,31-11-15-33(45)16-12-31)44(7,32-13-17-34(46)18-14-32)52(40)41(54)51-21-19-29(20-22-51)24-39(53)49-26-30-10-9-28(2)23-36(30)47/h9-18,23,25,27,29H,8,19-22,24,26H2,1-7H3,(H,49,53)/t43-,44+/m0/s1. The number of aromatic nitrogens is 1. The number of aliphatic imine (C=N–C) groups is 1. The summed E-state index contributed by atoms with van der Waals surface area (Å²) in [6.45, 7) is 15.6. The Kier molecular flexibility index (Phi) is 11.7. The smallest absolute Gasteiger partial charge is 0.326 e. The minimum absolute atomic E-state index is 0.0688. The summed E-state index contributed by atoms with van der Waals surface area (Å²) in [6, 6.07) is 21.9. The van der Waals surface area contributed by atoms with Crippen LogP contribution in [0.15, 0.2) is 84.0 Å². The number of rotatable bonds is 9. The van der Waals surface area contributed by atoms with Gasteiger partial charge >= 0.3 is 6.03 Å². The number of piperidine rings is 1. The van der Waals surface area contributed by atoms with E-state index in [-0.39, 0.29) is 35.6 Å². The molecule has 1 N–H and O–H groups in total. The molecule has 2 aliphatic heterocycles. The Morgan fingerprint density at radius 3 is 2.15 bits per heavy atom. The van der Waals surface area contributed by atoms with Gasteiger partial charge < -0.3 is 15.0 Å². The monoisotopic (exact) mass is 785 g/mol. The van der Waals surface area contributed by atoms with E-state index in [1.165, 1.54) is 6.07 Å². The van der Waals surface area contributed by atoms with Crippen molar-refractivity contribution in [2.24, 2.45) is 10.9 Å². The summed E-state index contributed by atoms with van der Waals surface area (Å²) in [6.07, 6.45) is 3.34. The van der Waals surface area contributed by atoms with Gasteiger partial charge in [-0.15, -0.1) is 0 Å². The lowest BCUT2D eigenvalue weighted by atomic mass is 9.71. The fourth-order valence-electron chi connectivity index (χ4n) is 7.65. The molecule has 0 radical (unpaired) electrons. The van der Waals surface area contributed by atoms with Gasteiger partial charge in [0.15, 0.2) is 0 Å². The van der Waals surface area contributed by atoms with Crippen LogP contribution in [0, 0.1) is 18.7 Å². The van der Waals surface area contributed by atoms with Crippen LogP contribution in [0.4, 0.5) is 9.18 Å². The van der Waals surface area contributed by atoms with Crippen molar-refractivity contribution in [3.8, 4) is 5.75 Å². The summed E-state index contributed by atoms with van der Waals surface area (Å²) in [7, 11) is 0. The number of halogens is 3. The molecule has 6 rings (SSSR count). The predicted molar refractivity (Wildman–Crippen MR) is 217 cm³/mol. The fraction of sp³-hybridized carbons (Fsp3) is 0.409. The molecule has 0 unspecified atom stereocenters. The number of nitrogens with zero attached hydrogens (tertiary/aromatic N) is 4. The number of carbonyl (C=O) groups is 2. The van der Waals surface area contributed by atoms with Crippen molar-refractivity contribution in [1.29, 1.82) is 0 Å². The van der Waals surface area contributed by atoms with Gasteiger partial charge in [-0.3, -0.25) is 19.7 Å². The van der Waals surface area contributed by atoms with Gasteiger partial charge in [0.25, 0.3) is 0 Å². The van der Waals surface area contributed by atoms with Crippen molar-refractivity contribution in [3.05, 3.63) is 128 Å². The average Bonchev–Trinajstić information content (AvgIpc) is 3.39. The molecular weight excluding hydrogens is 736 g/mol. The number of urea groups is 1. The van der Waals surface area contributed by atoms with Gasteiger partial charge in [0, 0.05) is 65.0 Å². The molecule has 11 heteroatoms. The molecule has 0 saturated carbocycles. The zero-order valence-corrected chi connectivity index (χ0v) is 34.2. The van der Waals surface area contributed by atoms with Crippen LogP contribution in [-0.2, 0) is 27.8 Å². The fourth-order valence-corrected chi connectivity index (χ4v) is 7.90. The Morgan fingerprint density at radius 1 is 0.945 bits per heavy atom. The molecule has 1 fully saturated rings. The lowest BCUT2D eigenvalue weighted by molar-refractivity contribution is -0.122. The number of hydrogen-bond donors (Lipinski definition) is 1. The molecule has 0 spiro atoms. The summed E-state index contributed by atoms with van der Waals surface area (Å²) < 4.78 is 20.7. The highest BCUT2D eigenvalue weighted by atomic mass is 35.5. The number of ether oxygens (including phenoxy) is 1. The molecule has 0 aliphatic carbocycles. The number of pyridine rings is 1. The largest absolute Gasteiger partial charge is 0.493 e. The lowest BCUT2D eigenvalue weighted by Gasteiger charge is -2.47. The van der Waals surface area contributed by atoms with E-state index in [0.717, 1.165) is 22.4 Å². The van der Waals surface area contributed by atoms with Crippen LogP contribution < -0.4 is 10.1 Å². The van der Waals surface area contributed by atoms with E-state index in [4.69, 9.17) is 37.9 Å². The van der Waals surface area contributed by atoms with Crippen LogP contribution in [0.25, 0.3) is 0 Å². The topological polar surface area (TPSA) is 87.1 Å². The van der Waals surface area contributed by atoms with E-state index in [9.17, 15) is 9.18 Å². The zero-order valence-electron chi connectivity index (χ0n) is 32.7. The molecule has 3 heterocycles. The second kappa shape index (κ2) is 15.9. The third kappa shape index (κ3) is 8.10. The molecule has 1 saturated heterocycles. The molecule has 3 aromatic carbocycles. The summed E-state index contributed by atoms with van der Waals surface area (Å²) in [5, 5.41) is 4.05. The number of amidine groups is 1. The van der Waals surface area contributed by atoms with E-state index in [1.54, 1.807) is 12.3 Å². The van der Waals surface area contributed by atoms with Crippen molar-refractivity contribution >= 4 is 41.0 Å². The minimum Gasteiger partial charge on any atom is -0.493 e. The van der Waals surface area contributed by atoms with E-state index >= 15 is 4.79 Å². The Bertz CT molecular complexity index is 2080. The van der Waals surface area contributed by atoms with Crippen molar-refractivity contribution in [2.75, 3.05) is 19.7 Å². The second-order valence-electron chi connectivity index (χ2n) is 16.0. The van der Waals surface area contributed by atoms with Crippen molar-refractivity contribution < 1.29 is 18.7 Å². The third-order valence-electron chi connectivity index (χ3n) is 11.2. The quantitative estimate of drug-likeness (QED) is 0.183. The maximum Gasteiger partial charge on any atom is 0.326 e. The average molecular weight is 787 g/mol. The molecule has 4 aromatic rings. The predicted octanol–water partition coefficient (Wildman–Crippen LogP) is 9.96. The number of aryl methyl sites for hydroxylation is 1. The number of carbonyl (C=O) groups excluding carboxylic acids is 2. The Balaban J connectivity index is 1.36. The molecular formula is C44H50Cl2FN5O3. The Labute approximate surface area is 334 Å². The van der Waals surface area contributed by atoms with Crippen LogP contribution >= 0.6 is 23.2 Å². The number of hydrogen-bond acceptors (Lipinski definition) is 5. The van der Waals surface area contributed by atoms with Gasteiger partial charge in [-0.25, -0.2) is 9.18 Å². The highest BCUT2D eigenvalue weighted by molar-refractivity contribution is 6.30. The number of nitrogens with one attached hydrogen (secondary N) is 1. The summed E-state index contributed by atoms with van der Waals surface area (Å²) in [4.78, 5) is 42.3. The van der Waals surface area contributed by atoms with Crippen molar-refractivity contribution in [1.82, 2.24) is 20.1 Å². The molecule has 55 heavy (non-hydrogen) atoms. The number of amides is 3. The maximum absolute atomic E-state index is 15.3. The van der Waals surface area contributed by atoms with Gasteiger partial charge in [0.05, 0.1) is 12.2 Å². The van der Waals surface area contributed by atoms with Crippen LogP contribution in [0.1, 0.15) is 94.3 Å². The van der Waals surface area contributed by atoms with Crippen LogP contribution in [0.2, 0.25) is 10.0 Å². The van der Waals surface area contributed by atoms with E-state index in [2.05, 4.69) is 26.1 Å². The highest BCUT2D eigenvalue weighted by Crippen LogP contribution is 2.54. The summed E-state index contributed by atoms with van der Waals surface area (Å²) >= 11 is 12.8. The first-order chi connectivity index (χ1) is 26.0. The van der Waals surface area contributed by atoms with E-state index < -0.39 is 11.1 Å². The number of benzene rings is 3. The Morgan fingerprint density at radius 2 is 1.56 bits per heavy atom. The first-order valence-electron chi connectivity index (χ1n) is 18.9. The van der Waals surface area contributed by atoms with E-state index in [1.807, 2.05) is 98.2 Å². The summed E-state index contributed by atoms with van der Waals surface area (Å²) in [5.74, 6) is 0.639. The lowest BCUT2D eigenvalue weighted by Crippen LogP contribution is -2.59. The van der Waals surface area contributed by atoms with Gasteiger partial charge in [-0.2, -0.15) is 0 Å². The summed E-state index contributed by atoms with van der Waals surface area (Å²) in [5.41, 5.74) is 2.14. The molecule has 0 bridgehead atoms. The molecule has 2 aliphatic rings. The zero-order chi connectivity index (χ0) is 39.7. The van der Waals surface area contributed by atoms with Gasteiger partial charge in [0.2, 0.25) is 5.91 Å². The first kappa shape index (κ1) is 40.2. The first-order valence-corrected chi connectivity index (χ1v) is 19.7. The SMILES string of the molecule is CCOc1cc(C(C)(C)C)ncc1C1=N[C@@](C)(c2ccc(Cl)cc2)[C@@](C)(c2ccc(Cl)cc2)N1C(=O)N1CCC(CC(=O)NCc2ccc(C)cc2F)CC1. The maximum atomic E-state index is 15.3. The molecule has 3 amide bonds. The van der Waals surface area contributed by atoms with Gasteiger partial charge in [-0.1, -0.05) is 80.4 Å². The Hall–Kier alpha value is -4.47.